The Morgan fingerprint density at radius 2 is 2.20 bits per heavy atom. The molecule has 0 saturated heterocycles. The molecule has 0 aliphatic rings. The van der Waals surface area contributed by atoms with Crippen molar-refractivity contribution < 1.29 is 4.39 Å². The summed E-state index contributed by atoms with van der Waals surface area (Å²) < 4.78 is 14.8. The predicted octanol–water partition coefficient (Wildman–Crippen LogP) is 3.51. The molecule has 1 N–H and O–H groups in total. The van der Waals surface area contributed by atoms with Gasteiger partial charge in [0, 0.05) is 13.1 Å². The average molecular weight is 361 g/mol. The molecule has 0 radical (unpaired) electrons. The molecule has 0 aliphatic heterocycles. The number of nitrogens with one attached hydrogen (secondary N) is 1. The number of hydrogen-bond acceptors (Lipinski definition) is 3. The lowest BCUT2D eigenvalue weighted by molar-refractivity contribution is 0.627. The van der Waals surface area contributed by atoms with E-state index in [1.807, 2.05) is 6.92 Å². The van der Waals surface area contributed by atoms with Gasteiger partial charge in [-0.15, -0.1) is 0 Å². The molecule has 1 atom stereocenters. The SMILES string of the molecule is CC(Nc1cnn(C)c(=O)c1Br)c1ccc(F)c(Cl)c1. The summed E-state index contributed by atoms with van der Waals surface area (Å²) in [6, 6.07) is 4.35. The van der Waals surface area contributed by atoms with E-state index in [4.69, 9.17) is 11.6 Å². The molecule has 7 heteroatoms. The van der Waals surface area contributed by atoms with E-state index < -0.39 is 5.82 Å². The quantitative estimate of drug-likeness (QED) is 0.911. The molecule has 2 rings (SSSR count). The summed E-state index contributed by atoms with van der Waals surface area (Å²) in [5.74, 6) is -0.459. The van der Waals surface area contributed by atoms with Gasteiger partial charge in [-0.05, 0) is 40.5 Å². The zero-order valence-electron chi connectivity index (χ0n) is 10.8. The molecule has 4 nitrogen and oxygen atoms in total. The lowest BCUT2D eigenvalue weighted by Gasteiger charge is -2.17. The van der Waals surface area contributed by atoms with Crippen molar-refractivity contribution in [2.24, 2.45) is 7.05 Å². The topological polar surface area (TPSA) is 46.9 Å². The first-order valence-corrected chi connectivity index (χ1v) is 7.00. The Morgan fingerprint density at radius 3 is 2.85 bits per heavy atom. The predicted molar refractivity (Wildman–Crippen MR) is 80.6 cm³/mol. The zero-order valence-corrected chi connectivity index (χ0v) is 13.2. The molecule has 0 saturated carbocycles. The van der Waals surface area contributed by atoms with Crippen LogP contribution in [0.2, 0.25) is 5.02 Å². The molecule has 0 amide bonds. The number of aryl methyl sites for hydroxylation is 1. The Kier molecular flexibility index (Phi) is 4.45. The Bertz CT molecular complexity index is 705. The molecule has 1 unspecified atom stereocenters. The van der Waals surface area contributed by atoms with Gasteiger partial charge in [-0.25, -0.2) is 9.07 Å². The van der Waals surface area contributed by atoms with Gasteiger partial charge in [0.1, 0.15) is 10.3 Å². The van der Waals surface area contributed by atoms with Crippen molar-refractivity contribution in [3.05, 3.63) is 55.6 Å². The fourth-order valence-corrected chi connectivity index (χ4v) is 2.37. The van der Waals surface area contributed by atoms with Crippen LogP contribution < -0.4 is 10.9 Å². The standard InChI is InChI=1S/C13H12BrClFN3O/c1-7(8-3-4-10(16)9(15)5-8)18-11-6-17-19(2)13(20)12(11)14/h3-7,18H,1-2H3. The smallest absolute Gasteiger partial charge is 0.282 e. The summed E-state index contributed by atoms with van der Waals surface area (Å²) in [4.78, 5) is 11.7. The van der Waals surface area contributed by atoms with Crippen molar-refractivity contribution in [3.63, 3.8) is 0 Å². The lowest BCUT2D eigenvalue weighted by Crippen LogP contribution is -2.22. The van der Waals surface area contributed by atoms with Crippen molar-refractivity contribution in [2.45, 2.75) is 13.0 Å². The van der Waals surface area contributed by atoms with Crippen LogP contribution in [-0.2, 0) is 7.05 Å². The van der Waals surface area contributed by atoms with Crippen molar-refractivity contribution in [1.82, 2.24) is 9.78 Å². The number of aromatic nitrogens is 2. The van der Waals surface area contributed by atoms with Crippen molar-refractivity contribution in [2.75, 3.05) is 5.32 Å². The van der Waals surface area contributed by atoms with Gasteiger partial charge in [0.15, 0.2) is 0 Å². The van der Waals surface area contributed by atoms with Gasteiger partial charge >= 0.3 is 0 Å². The molecule has 0 bridgehead atoms. The second-order valence-corrected chi connectivity index (χ2v) is 5.54. The second-order valence-electron chi connectivity index (χ2n) is 4.34. The van der Waals surface area contributed by atoms with E-state index in [1.165, 1.54) is 10.7 Å². The third kappa shape index (κ3) is 3.02. The van der Waals surface area contributed by atoms with E-state index >= 15 is 0 Å². The van der Waals surface area contributed by atoms with Gasteiger partial charge < -0.3 is 5.32 Å². The third-order valence-electron chi connectivity index (χ3n) is 2.89. The summed E-state index contributed by atoms with van der Waals surface area (Å²) in [7, 11) is 1.57. The summed E-state index contributed by atoms with van der Waals surface area (Å²) in [5.41, 5.74) is 1.14. The highest BCUT2D eigenvalue weighted by Gasteiger charge is 2.12. The van der Waals surface area contributed by atoms with E-state index in [0.29, 0.717) is 10.2 Å². The van der Waals surface area contributed by atoms with Crippen LogP contribution in [0.4, 0.5) is 10.1 Å². The van der Waals surface area contributed by atoms with Crippen LogP contribution in [0.1, 0.15) is 18.5 Å². The van der Waals surface area contributed by atoms with E-state index in [2.05, 4.69) is 26.3 Å². The summed E-state index contributed by atoms with van der Waals surface area (Å²) in [6.45, 7) is 1.88. The highest BCUT2D eigenvalue weighted by atomic mass is 79.9. The normalized spacial score (nSPS) is 12.2. The molecule has 1 heterocycles. The number of nitrogens with zero attached hydrogens (tertiary/aromatic N) is 2. The van der Waals surface area contributed by atoms with Gasteiger partial charge in [0.05, 0.1) is 16.9 Å². The average Bonchev–Trinajstić information content (AvgIpc) is 2.42. The number of rotatable bonds is 3. The van der Waals surface area contributed by atoms with Gasteiger partial charge in [-0.2, -0.15) is 5.10 Å². The Hall–Kier alpha value is -1.40. The monoisotopic (exact) mass is 359 g/mol. The van der Waals surface area contributed by atoms with Crippen LogP contribution in [-0.4, -0.2) is 9.78 Å². The first-order valence-electron chi connectivity index (χ1n) is 5.83. The van der Waals surface area contributed by atoms with Crippen LogP contribution in [0, 0.1) is 5.82 Å². The summed E-state index contributed by atoms with van der Waals surface area (Å²) >= 11 is 9.00. The number of halogens is 3. The van der Waals surface area contributed by atoms with Crippen LogP contribution in [0.3, 0.4) is 0 Å². The fraction of sp³-hybridized carbons (Fsp3) is 0.231. The number of anilines is 1. The van der Waals surface area contributed by atoms with Crippen LogP contribution in [0.15, 0.2) is 33.7 Å². The molecule has 106 valence electrons. The molecule has 20 heavy (non-hydrogen) atoms. The minimum atomic E-state index is -0.459. The Labute approximate surface area is 128 Å². The Morgan fingerprint density at radius 1 is 1.50 bits per heavy atom. The largest absolute Gasteiger partial charge is 0.376 e. The highest BCUT2D eigenvalue weighted by molar-refractivity contribution is 9.10. The maximum Gasteiger partial charge on any atom is 0.282 e. The minimum absolute atomic E-state index is 0.0670. The van der Waals surface area contributed by atoms with E-state index in [1.54, 1.807) is 25.4 Å². The van der Waals surface area contributed by atoms with E-state index in [-0.39, 0.29) is 16.6 Å². The molecule has 2 aromatic rings. The summed E-state index contributed by atoms with van der Waals surface area (Å²) in [6.07, 6.45) is 1.55. The molecular weight excluding hydrogens is 349 g/mol. The van der Waals surface area contributed by atoms with Crippen molar-refractivity contribution >= 4 is 33.2 Å². The first-order chi connectivity index (χ1) is 9.40. The lowest BCUT2D eigenvalue weighted by atomic mass is 10.1. The third-order valence-corrected chi connectivity index (χ3v) is 3.95. The highest BCUT2D eigenvalue weighted by Crippen LogP contribution is 2.25. The maximum absolute atomic E-state index is 13.1. The minimum Gasteiger partial charge on any atom is -0.376 e. The van der Waals surface area contributed by atoms with Crippen LogP contribution in [0.25, 0.3) is 0 Å². The molecule has 0 spiro atoms. The Balaban J connectivity index is 2.28. The molecule has 1 aromatic carbocycles. The van der Waals surface area contributed by atoms with E-state index in [9.17, 15) is 9.18 Å². The van der Waals surface area contributed by atoms with Crippen LogP contribution in [0.5, 0.6) is 0 Å². The van der Waals surface area contributed by atoms with Crippen molar-refractivity contribution in [1.29, 1.82) is 0 Å². The second kappa shape index (κ2) is 5.93. The van der Waals surface area contributed by atoms with E-state index in [0.717, 1.165) is 5.56 Å². The van der Waals surface area contributed by atoms with Gasteiger partial charge in [0.2, 0.25) is 0 Å². The van der Waals surface area contributed by atoms with Crippen molar-refractivity contribution in [3.8, 4) is 0 Å². The van der Waals surface area contributed by atoms with Gasteiger partial charge in [-0.1, -0.05) is 17.7 Å². The molecule has 0 aliphatic carbocycles. The summed E-state index contributed by atoms with van der Waals surface area (Å²) in [5, 5.41) is 7.15. The maximum atomic E-state index is 13.1. The first kappa shape index (κ1) is 15.0. The molecule has 1 aromatic heterocycles. The number of benzene rings is 1. The van der Waals surface area contributed by atoms with Crippen LogP contribution >= 0.6 is 27.5 Å². The number of hydrogen-bond donors (Lipinski definition) is 1. The van der Waals surface area contributed by atoms with Gasteiger partial charge in [0.25, 0.3) is 5.56 Å². The molecular formula is C13H12BrClFN3O. The molecule has 0 fully saturated rings. The fourth-order valence-electron chi connectivity index (χ4n) is 1.71. The zero-order chi connectivity index (χ0) is 14.9. The van der Waals surface area contributed by atoms with Gasteiger partial charge in [-0.3, -0.25) is 4.79 Å².